The highest BCUT2D eigenvalue weighted by atomic mass is 15.1. The van der Waals surface area contributed by atoms with Crippen LogP contribution in [0.1, 0.15) is 43.7 Å². The Morgan fingerprint density at radius 1 is 1.15 bits per heavy atom. The molecule has 2 N–H and O–H groups in total. The summed E-state index contributed by atoms with van der Waals surface area (Å²) >= 11 is 0. The van der Waals surface area contributed by atoms with E-state index in [2.05, 4.69) is 36.9 Å². The summed E-state index contributed by atoms with van der Waals surface area (Å²) < 4.78 is 0. The standard InChI is InChI=1S/C18H28N2/c1-13-9-18(8-7-17(13)10-14(2)19)20(11-15-3-4-15)12-16-5-6-16/h7-9,14-16H,3-6,10-12,19H2,1-2H3. The minimum atomic E-state index is 0.244. The molecule has 2 aliphatic rings. The first-order valence-electron chi connectivity index (χ1n) is 8.22. The number of rotatable bonds is 7. The second-order valence-electron chi connectivity index (χ2n) is 7.08. The third-order valence-corrected chi connectivity index (χ3v) is 4.58. The minimum absolute atomic E-state index is 0.244. The second kappa shape index (κ2) is 5.77. The number of benzene rings is 1. The summed E-state index contributed by atoms with van der Waals surface area (Å²) in [6.07, 6.45) is 6.72. The molecular weight excluding hydrogens is 244 g/mol. The van der Waals surface area contributed by atoms with Crippen LogP contribution in [-0.2, 0) is 6.42 Å². The third kappa shape index (κ3) is 3.76. The summed E-state index contributed by atoms with van der Waals surface area (Å²) in [6.45, 7) is 6.85. The molecule has 3 rings (SSSR count). The summed E-state index contributed by atoms with van der Waals surface area (Å²) in [7, 11) is 0. The molecule has 0 aliphatic heterocycles. The summed E-state index contributed by atoms with van der Waals surface area (Å²) in [6, 6.07) is 7.23. The molecular formula is C18H28N2. The molecule has 2 aliphatic carbocycles. The first-order chi connectivity index (χ1) is 9.61. The van der Waals surface area contributed by atoms with Crippen molar-refractivity contribution < 1.29 is 0 Å². The van der Waals surface area contributed by atoms with E-state index in [9.17, 15) is 0 Å². The number of hydrogen-bond donors (Lipinski definition) is 1. The molecule has 1 aromatic rings. The highest BCUT2D eigenvalue weighted by molar-refractivity contribution is 5.51. The van der Waals surface area contributed by atoms with E-state index in [1.807, 2.05) is 0 Å². The number of nitrogens with two attached hydrogens (primary N) is 1. The van der Waals surface area contributed by atoms with Gasteiger partial charge in [0, 0.05) is 24.8 Å². The van der Waals surface area contributed by atoms with E-state index in [0.717, 1.165) is 18.3 Å². The molecule has 1 atom stereocenters. The van der Waals surface area contributed by atoms with Crippen LogP contribution in [0, 0.1) is 18.8 Å². The van der Waals surface area contributed by atoms with E-state index < -0.39 is 0 Å². The van der Waals surface area contributed by atoms with E-state index in [4.69, 9.17) is 5.73 Å². The molecule has 2 saturated carbocycles. The van der Waals surface area contributed by atoms with Crippen LogP contribution in [0.2, 0.25) is 0 Å². The molecule has 0 radical (unpaired) electrons. The number of nitrogens with zero attached hydrogens (tertiary/aromatic N) is 1. The van der Waals surface area contributed by atoms with Crippen LogP contribution in [0.3, 0.4) is 0 Å². The van der Waals surface area contributed by atoms with E-state index in [-0.39, 0.29) is 6.04 Å². The minimum Gasteiger partial charge on any atom is -0.371 e. The van der Waals surface area contributed by atoms with Gasteiger partial charge in [-0.05, 0) is 81.0 Å². The molecule has 0 bridgehead atoms. The molecule has 0 saturated heterocycles. The zero-order valence-corrected chi connectivity index (χ0v) is 12.9. The van der Waals surface area contributed by atoms with Gasteiger partial charge in [0.15, 0.2) is 0 Å². The molecule has 2 heteroatoms. The normalized spacial score (nSPS) is 19.9. The van der Waals surface area contributed by atoms with E-state index in [1.54, 1.807) is 0 Å². The first-order valence-corrected chi connectivity index (χ1v) is 8.22. The molecule has 0 spiro atoms. The van der Waals surface area contributed by atoms with Gasteiger partial charge in [-0.25, -0.2) is 0 Å². The maximum absolute atomic E-state index is 5.93. The predicted molar refractivity (Wildman–Crippen MR) is 86.2 cm³/mol. The highest BCUT2D eigenvalue weighted by Crippen LogP contribution is 2.36. The molecule has 2 fully saturated rings. The van der Waals surface area contributed by atoms with Crippen molar-refractivity contribution in [3.05, 3.63) is 29.3 Å². The third-order valence-electron chi connectivity index (χ3n) is 4.58. The summed E-state index contributed by atoms with van der Waals surface area (Å²) in [5.41, 5.74) is 10.2. The molecule has 1 unspecified atom stereocenters. The Balaban J connectivity index is 1.73. The van der Waals surface area contributed by atoms with Gasteiger partial charge in [0.2, 0.25) is 0 Å². The number of aryl methyl sites for hydroxylation is 1. The van der Waals surface area contributed by atoms with Gasteiger partial charge in [-0.2, -0.15) is 0 Å². The average molecular weight is 272 g/mol. The van der Waals surface area contributed by atoms with Crippen LogP contribution < -0.4 is 10.6 Å². The lowest BCUT2D eigenvalue weighted by atomic mass is 10.0. The average Bonchev–Trinajstić information content (AvgIpc) is 3.25. The lowest BCUT2D eigenvalue weighted by molar-refractivity contribution is 0.678. The fourth-order valence-corrected chi connectivity index (χ4v) is 2.96. The quantitative estimate of drug-likeness (QED) is 0.823. The maximum Gasteiger partial charge on any atom is 0.0369 e. The van der Waals surface area contributed by atoms with Crippen molar-refractivity contribution in [3.63, 3.8) is 0 Å². The Bertz CT molecular complexity index is 444. The van der Waals surface area contributed by atoms with Crippen LogP contribution in [0.5, 0.6) is 0 Å². The maximum atomic E-state index is 5.93. The van der Waals surface area contributed by atoms with Gasteiger partial charge in [0.1, 0.15) is 0 Å². The Hall–Kier alpha value is -1.02. The Kier molecular flexibility index (Phi) is 4.02. The monoisotopic (exact) mass is 272 g/mol. The van der Waals surface area contributed by atoms with E-state index >= 15 is 0 Å². The van der Waals surface area contributed by atoms with Gasteiger partial charge < -0.3 is 10.6 Å². The van der Waals surface area contributed by atoms with Crippen LogP contribution in [-0.4, -0.2) is 19.1 Å². The van der Waals surface area contributed by atoms with E-state index in [0.29, 0.717) is 0 Å². The summed E-state index contributed by atoms with van der Waals surface area (Å²) in [4.78, 5) is 2.64. The zero-order valence-electron chi connectivity index (χ0n) is 12.9. The van der Waals surface area contributed by atoms with Crippen LogP contribution in [0.15, 0.2) is 18.2 Å². The van der Waals surface area contributed by atoms with Gasteiger partial charge in [0.05, 0.1) is 0 Å². The number of anilines is 1. The van der Waals surface area contributed by atoms with Crippen molar-refractivity contribution in [1.82, 2.24) is 0 Å². The lowest BCUT2D eigenvalue weighted by Crippen LogP contribution is -2.28. The fourth-order valence-electron chi connectivity index (χ4n) is 2.96. The van der Waals surface area contributed by atoms with Gasteiger partial charge in [-0.15, -0.1) is 0 Å². The van der Waals surface area contributed by atoms with Gasteiger partial charge >= 0.3 is 0 Å². The van der Waals surface area contributed by atoms with Gasteiger partial charge in [-0.3, -0.25) is 0 Å². The molecule has 0 aromatic heterocycles. The molecule has 1 aromatic carbocycles. The van der Waals surface area contributed by atoms with Gasteiger partial charge in [-0.1, -0.05) is 6.07 Å². The van der Waals surface area contributed by atoms with Crippen molar-refractivity contribution in [3.8, 4) is 0 Å². The topological polar surface area (TPSA) is 29.3 Å². The molecule has 0 amide bonds. The fraction of sp³-hybridized carbons (Fsp3) is 0.667. The SMILES string of the molecule is Cc1cc(N(CC2CC2)CC2CC2)ccc1CC(C)N. The van der Waals surface area contributed by atoms with Crippen LogP contribution in [0.4, 0.5) is 5.69 Å². The van der Waals surface area contributed by atoms with Crippen molar-refractivity contribution in [2.24, 2.45) is 17.6 Å². The summed E-state index contributed by atoms with van der Waals surface area (Å²) in [5.74, 6) is 1.91. The first kappa shape index (κ1) is 13.9. The molecule has 110 valence electrons. The highest BCUT2D eigenvalue weighted by Gasteiger charge is 2.29. The Labute approximate surface area is 123 Å². The largest absolute Gasteiger partial charge is 0.371 e. The number of hydrogen-bond acceptors (Lipinski definition) is 2. The zero-order chi connectivity index (χ0) is 14.1. The Morgan fingerprint density at radius 3 is 2.20 bits per heavy atom. The lowest BCUT2D eigenvalue weighted by Gasteiger charge is -2.26. The van der Waals surface area contributed by atoms with Crippen LogP contribution >= 0.6 is 0 Å². The van der Waals surface area contributed by atoms with Gasteiger partial charge in [0.25, 0.3) is 0 Å². The summed E-state index contributed by atoms with van der Waals surface area (Å²) in [5, 5.41) is 0. The van der Waals surface area contributed by atoms with E-state index in [1.165, 1.54) is 55.6 Å². The molecule has 20 heavy (non-hydrogen) atoms. The smallest absolute Gasteiger partial charge is 0.0369 e. The Morgan fingerprint density at radius 2 is 1.75 bits per heavy atom. The molecule has 2 nitrogen and oxygen atoms in total. The second-order valence-corrected chi connectivity index (χ2v) is 7.08. The van der Waals surface area contributed by atoms with Crippen molar-refractivity contribution in [1.29, 1.82) is 0 Å². The van der Waals surface area contributed by atoms with Crippen molar-refractivity contribution >= 4 is 5.69 Å². The van der Waals surface area contributed by atoms with Crippen LogP contribution in [0.25, 0.3) is 0 Å². The molecule has 0 heterocycles. The van der Waals surface area contributed by atoms with Crippen molar-refractivity contribution in [2.75, 3.05) is 18.0 Å². The van der Waals surface area contributed by atoms with Crippen molar-refractivity contribution in [2.45, 2.75) is 52.0 Å². The predicted octanol–water partition coefficient (Wildman–Crippen LogP) is 3.51.